The molecule has 6 heteroatoms. The standard InChI is InChI=1S/C21H20N2O4/c24-20(11-10-16-6-4-5-9-19(16)23(26)27)22-14-12-18(13-15-22)21(25)17-7-2-1-3-8-17/h1-11,18H,12-15H2. The molecule has 1 heterocycles. The highest BCUT2D eigenvalue weighted by Gasteiger charge is 2.27. The molecule has 0 spiro atoms. The highest BCUT2D eigenvalue weighted by molar-refractivity contribution is 5.98. The maximum atomic E-state index is 12.5. The van der Waals surface area contributed by atoms with E-state index < -0.39 is 4.92 Å². The van der Waals surface area contributed by atoms with Gasteiger partial charge in [-0.2, -0.15) is 0 Å². The number of amides is 1. The molecule has 2 aromatic carbocycles. The summed E-state index contributed by atoms with van der Waals surface area (Å²) in [5, 5.41) is 11.0. The van der Waals surface area contributed by atoms with Crippen LogP contribution in [0, 0.1) is 16.0 Å². The van der Waals surface area contributed by atoms with E-state index in [0.29, 0.717) is 37.1 Å². The normalized spacial score (nSPS) is 15.0. The Hall–Kier alpha value is -3.28. The summed E-state index contributed by atoms with van der Waals surface area (Å²) in [4.78, 5) is 37.1. The predicted molar refractivity (Wildman–Crippen MR) is 102 cm³/mol. The molecule has 1 saturated heterocycles. The zero-order valence-electron chi connectivity index (χ0n) is 14.8. The zero-order valence-corrected chi connectivity index (χ0v) is 14.8. The largest absolute Gasteiger partial charge is 0.339 e. The molecule has 0 unspecified atom stereocenters. The van der Waals surface area contributed by atoms with Crippen molar-refractivity contribution in [2.75, 3.05) is 13.1 Å². The molecular weight excluding hydrogens is 344 g/mol. The fraction of sp³-hybridized carbons (Fsp3) is 0.238. The molecule has 0 aromatic heterocycles. The van der Waals surface area contributed by atoms with E-state index in [0.717, 1.165) is 0 Å². The lowest BCUT2D eigenvalue weighted by Crippen LogP contribution is -2.39. The van der Waals surface area contributed by atoms with Gasteiger partial charge in [-0.25, -0.2) is 0 Å². The molecule has 1 fully saturated rings. The topological polar surface area (TPSA) is 80.5 Å². The Morgan fingerprint density at radius 3 is 2.30 bits per heavy atom. The summed E-state index contributed by atoms with van der Waals surface area (Å²) in [5.41, 5.74) is 1.07. The monoisotopic (exact) mass is 364 g/mol. The molecule has 27 heavy (non-hydrogen) atoms. The molecule has 6 nitrogen and oxygen atoms in total. The van der Waals surface area contributed by atoms with Crippen molar-refractivity contribution >= 4 is 23.5 Å². The van der Waals surface area contributed by atoms with Crippen LogP contribution in [0.3, 0.4) is 0 Å². The van der Waals surface area contributed by atoms with Gasteiger partial charge in [-0.1, -0.05) is 42.5 Å². The van der Waals surface area contributed by atoms with E-state index >= 15 is 0 Å². The second-order valence-electron chi connectivity index (χ2n) is 6.48. The Bertz CT molecular complexity index is 869. The Morgan fingerprint density at radius 1 is 1.00 bits per heavy atom. The second-order valence-corrected chi connectivity index (χ2v) is 6.48. The molecule has 0 radical (unpaired) electrons. The molecule has 2 aromatic rings. The average Bonchev–Trinajstić information content (AvgIpc) is 2.72. The Kier molecular flexibility index (Phi) is 5.76. The average molecular weight is 364 g/mol. The van der Waals surface area contributed by atoms with Gasteiger partial charge in [0.25, 0.3) is 5.69 Å². The quantitative estimate of drug-likeness (QED) is 0.350. The SMILES string of the molecule is O=C(c1ccccc1)C1CCN(C(=O)C=Cc2ccccc2[N+](=O)[O-])CC1. The van der Waals surface area contributed by atoms with Crippen molar-refractivity contribution in [1.29, 1.82) is 0 Å². The molecule has 0 bridgehead atoms. The van der Waals surface area contributed by atoms with Crippen LogP contribution in [0.25, 0.3) is 6.08 Å². The lowest BCUT2D eigenvalue weighted by Gasteiger charge is -2.30. The van der Waals surface area contributed by atoms with Gasteiger partial charge in [-0.05, 0) is 25.0 Å². The van der Waals surface area contributed by atoms with Crippen LogP contribution in [0.4, 0.5) is 5.69 Å². The number of carbonyl (C=O) groups excluding carboxylic acids is 2. The van der Waals surface area contributed by atoms with Crippen LogP contribution in [-0.2, 0) is 4.79 Å². The van der Waals surface area contributed by atoms with E-state index in [4.69, 9.17) is 0 Å². The van der Waals surface area contributed by atoms with Crippen LogP contribution in [0.1, 0.15) is 28.8 Å². The lowest BCUT2D eigenvalue weighted by atomic mass is 9.89. The Balaban J connectivity index is 1.59. The van der Waals surface area contributed by atoms with E-state index in [1.807, 2.05) is 30.3 Å². The summed E-state index contributed by atoms with van der Waals surface area (Å²) >= 11 is 0. The zero-order chi connectivity index (χ0) is 19.2. The van der Waals surface area contributed by atoms with Crippen molar-refractivity contribution in [2.24, 2.45) is 5.92 Å². The third-order valence-corrected chi connectivity index (χ3v) is 4.77. The van der Waals surface area contributed by atoms with Crippen LogP contribution in [0.5, 0.6) is 0 Å². The molecule has 1 amide bonds. The number of rotatable bonds is 5. The Morgan fingerprint density at radius 2 is 1.63 bits per heavy atom. The number of nitro benzene ring substituents is 1. The fourth-order valence-electron chi connectivity index (χ4n) is 3.26. The fourth-order valence-corrected chi connectivity index (χ4v) is 3.26. The van der Waals surface area contributed by atoms with Crippen molar-refractivity contribution in [2.45, 2.75) is 12.8 Å². The summed E-state index contributed by atoms with van der Waals surface area (Å²) in [6, 6.07) is 15.5. The highest BCUT2D eigenvalue weighted by atomic mass is 16.6. The smallest absolute Gasteiger partial charge is 0.276 e. The van der Waals surface area contributed by atoms with Crippen LogP contribution in [-0.4, -0.2) is 34.6 Å². The van der Waals surface area contributed by atoms with Crippen LogP contribution in [0.2, 0.25) is 0 Å². The van der Waals surface area contributed by atoms with Crippen LogP contribution in [0.15, 0.2) is 60.7 Å². The van der Waals surface area contributed by atoms with Gasteiger partial charge in [0.2, 0.25) is 5.91 Å². The highest BCUT2D eigenvalue weighted by Crippen LogP contribution is 2.23. The van der Waals surface area contributed by atoms with E-state index in [-0.39, 0.29) is 23.3 Å². The van der Waals surface area contributed by atoms with Gasteiger partial charge < -0.3 is 4.90 Å². The maximum absolute atomic E-state index is 12.5. The molecule has 1 aliphatic rings. The first-order chi connectivity index (χ1) is 13.1. The number of para-hydroxylation sites is 1. The van der Waals surface area contributed by atoms with Crippen molar-refractivity contribution in [3.05, 3.63) is 81.9 Å². The number of likely N-dealkylation sites (tertiary alicyclic amines) is 1. The molecule has 0 saturated carbocycles. The summed E-state index contributed by atoms with van der Waals surface area (Å²) in [6.45, 7) is 1.01. The first kappa shape index (κ1) is 18.5. The minimum Gasteiger partial charge on any atom is -0.339 e. The summed E-state index contributed by atoms with van der Waals surface area (Å²) in [6.07, 6.45) is 4.08. The molecule has 1 aliphatic heterocycles. The predicted octanol–water partition coefficient (Wildman–Crippen LogP) is 3.73. The molecule has 0 N–H and O–H groups in total. The van der Waals surface area contributed by atoms with E-state index in [9.17, 15) is 19.7 Å². The van der Waals surface area contributed by atoms with Crippen LogP contribution < -0.4 is 0 Å². The van der Waals surface area contributed by atoms with Crippen molar-refractivity contribution < 1.29 is 14.5 Å². The van der Waals surface area contributed by atoms with Crippen molar-refractivity contribution in [3.8, 4) is 0 Å². The van der Waals surface area contributed by atoms with Gasteiger partial charge in [0, 0.05) is 36.7 Å². The number of nitro groups is 1. The lowest BCUT2D eigenvalue weighted by molar-refractivity contribution is -0.385. The third kappa shape index (κ3) is 4.47. The Labute approximate surface area is 157 Å². The summed E-state index contributed by atoms with van der Waals surface area (Å²) in [7, 11) is 0. The minimum atomic E-state index is -0.467. The minimum absolute atomic E-state index is 0.0336. The second kappa shape index (κ2) is 8.40. The number of Topliss-reactive ketones (excluding diaryl/α,β-unsaturated/α-hetero) is 1. The molecule has 0 aliphatic carbocycles. The first-order valence-corrected chi connectivity index (χ1v) is 8.86. The van der Waals surface area contributed by atoms with Gasteiger partial charge in [0.1, 0.15) is 0 Å². The number of carbonyl (C=O) groups is 2. The molecule has 3 rings (SSSR count). The summed E-state index contributed by atoms with van der Waals surface area (Å²) < 4.78 is 0. The maximum Gasteiger partial charge on any atom is 0.276 e. The van der Waals surface area contributed by atoms with Crippen LogP contribution >= 0.6 is 0 Å². The summed E-state index contributed by atoms with van der Waals surface area (Å²) in [5.74, 6) is -0.146. The van der Waals surface area contributed by atoms with E-state index in [2.05, 4.69) is 0 Å². The first-order valence-electron chi connectivity index (χ1n) is 8.86. The number of ketones is 1. The van der Waals surface area contributed by atoms with Gasteiger partial charge in [0.05, 0.1) is 10.5 Å². The number of hydrogen-bond donors (Lipinski definition) is 0. The van der Waals surface area contributed by atoms with E-state index in [1.54, 1.807) is 23.1 Å². The van der Waals surface area contributed by atoms with Crippen molar-refractivity contribution in [1.82, 2.24) is 4.90 Å². The van der Waals surface area contributed by atoms with Crippen molar-refractivity contribution in [3.63, 3.8) is 0 Å². The number of hydrogen-bond acceptors (Lipinski definition) is 4. The molecular formula is C21H20N2O4. The van der Waals surface area contributed by atoms with Gasteiger partial charge >= 0.3 is 0 Å². The van der Waals surface area contributed by atoms with E-state index in [1.165, 1.54) is 18.2 Å². The number of nitrogens with zero attached hydrogens (tertiary/aromatic N) is 2. The molecule has 0 atom stereocenters. The van der Waals surface area contributed by atoms with Gasteiger partial charge in [0.15, 0.2) is 5.78 Å². The number of benzene rings is 2. The van der Waals surface area contributed by atoms with Gasteiger partial charge in [-0.15, -0.1) is 0 Å². The number of piperidine rings is 1. The van der Waals surface area contributed by atoms with Gasteiger partial charge in [-0.3, -0.25) is 19.7 Å². The molecule has 138 valence electrons. The third-order valence-electron chi connectivity index (χ3n) is 4.77.